The maximum absolute atomic E-state index is 5.75. The highest BCUT2D eigenvalue weighted by atomic mass is 79.9. The Hall–Kier alpha value is -0.380. The average Bonchev–Trinajstić information content (AvgIpc) is 2.35. The van der Waals surface area contributed by atoms with Gasteiger partial charge in [-0.25, -0.2) is 0 Å². The third kappa shape index (κ3) is 5.25. The summed E-state index contributed by atoms with van der Waals surface area (Å²) in [6.07, 6.45) is 1.11. The molecule has 0 unspecified atom stereocenters. The molecule has 0 atom stereocenters. The maximum Gasteiger partial charge on any atom is 0.0213 e. The zero-order valence-electron chi connectivity index (χ0n) is 12.6. The van der Waals surface area contributed by atoms with Crippen LogP contribution < -0.4 is 11.1 Å². The highest BCUT2D eigenvalue weighted by molar-refractivity contribution is 9.10. The highest BCUT2D eigenvalue weighted by Crippen LogP contribution is 2.29. The van der Waals surface area contributed by atoms with Crippen LogP contribution in [0.4, 0.5) is 0 Å². The summed E-state index contributed by atoms with van der Waals surface area (Å²) in [6.45, 7) is 11.7. The molecular weight excluding hydrogens is 300 g/mol. The van der Waals surface area contributed by atoms with Gasteiger partial charge in [-0.1, -0.05) is 61.8 Å². The maximum atomic E-state index is 5.75. The highest BCUT2D eigenvalue weighted by Gasteiger charge is 2.23. The first-order valence-electron chi connectivity index (χ1n) is 6.94. The molecule has 0 aliphatic carbocycles. The van der Waals surface area contributed by atoms with E-state index < -0.39 is 0 Å². The van der Waals surface area contributed by atoms with Gasteiger partial charge in [0.2, 0.25) is 0 Å². The lowest BCUT2D eigenvalue weighted by Gasteiger charge is -2.28. The van der Waals surface area contributed by atoms with Gasteiger partial charge in [0.1, 0.15) is 0 Å². The topological polar surface area (TPSA) is 38.0 Å². The molecule has 19 heavy (non-hydrogen) atoms. The predicted molar refractivity (Wildman–Crippen MR) is 87.5 cm³/mol. The molecule has 1 rings (SSSR count). The first-order chi connectivity index (χ1) is 8.78. The molecule has 0 saturated carbocycles. The predicted octanol–water partition coefficient (Wildman–Crippen LogP) is 3.69. The summed E-state index contributed by atoms with van der Waals surface area (Å²) in [6, 6.07) is 8.45. The minimum absolute atomic E-state index is 0.118. The zero-order chi connectivity index (χ0) is 14.5. The van der Waals surface area contributed by atoms with E-state index in [1.807, 2.05) is 0 Å². The fourth-order valence-corrected chi connectivity index (χ4v) is 2.86. The quantitative estimate of drug-likeness (QED) is 0.750. The fourth-order valence-electron chi connectivity index (χ4n) is 2.04. The number of nitrogens with one attached hydrogen (secondary N) is 1. The lowest BCUT2D eigenvalue weighted by Crippen LogP contribution is -2.36. The van der Waals surface area contributed by atoms with Crippen LogP contribution >= 0.6 is 15.9 Å². The molecule has 0 heterocycles. The number of rotatable bonds is 7. The van der Waals surface area contributed by atoms with Gasteiger partial charge in [-0.2, -0.15) is 0 Å². The average molecular weight is 327 g/mol. The molecule has 0 saturated heterocycles. The van der Waals surface area contributed by atoms with E-state index in [1.54, 1.807) is 0 Å². The Kier molecular flexibility index (Phi) is 6.03. The van der Waals surface area contributed by atoms with Gasteiger partial charge in [0, 0.05) is 16.4 Å². The lowest BCUT2D eigenvalue weighted by molar-refractivity contribution is 0.331. The number of halogens is 1. The van der Waals surface area contributed by atoms with E-state index in [9.17, 15) is 0 Å². The van der Waals surface area contributed by atoms with Gasteiger partial charge in [-0.05, 0) is 36.6 Å². The van der Waals surface area contributed by atoms with Crippen molar-refractivity contribution < 1.29 is 0 Å². The van der Waals surface area contributed by atoms with Crippen molar-refractivity contribution in [2.75, 3.05) is 19.6 Å². The van der Waals surface area contributed by atoms with Gasteiger partial charge in [-0.15, -0.1) is 0 Å². The van der Waals surface area contributed by atoms with Crippen LogP contribution in [0, 0.1) is 5.41 Å². The van der Waals surface area contributed by atoms with E-state index in [-0.39, 0.29) is 10.8 Å². The van der Waals surface area contributed by atoms with Crippen molar-refractivity contribution >= 4 is 15.9 Å². The number of hydrogen-bond donors (Lipinski definition) is 2. The molecule has 3 N–H and O–H groups in total. The molecule has 108 valence electrons. The first-order valence-corrected chi connectivity index (χ1v) is 7.74. The van der Waals surface area contributed by atoms with Gasteiger partial charge in [0.25, 0.3) is 0 Å². The summed E-state index contributed by atoms with van der Waals surface area (Å²) < 4.78 is 1.18. The van der Waals surface area contributed by atoms with Crippen LogP contribution in [0.1, 0.15) is 39.7 Å². The number of hydrogen-bond acceptors (Lipinski definition) is 2. The molecule has 0 bridgehead atoms. The molecule has 0 aliphatic heterocycles. The lowest BCUT2D eigenvalue weighted by atomic mass is 9.84. The van der Waals surface area contributed by atoms with Crippen molar-refractivity contribution in [2.24, 2.45) is 11.1 Å². The van der Waals surface area contributed by atoms with E-state index in [0.717, 1.165) is 26.1 Å². The van der Waals surface area contributed by atoms with Crippen LogP contribution in [-0.2, 0) is 5.41 Å². The van der Waals surface area contributed by atoms with Gasteiger partial charge in [0.15, 0.2) is 0 Å². The van der Waals surface area contributed by atoms with Crippen molar-refractivity contribution in [1.82, 2.24) is 5.32 Å². The van der Waals surface area contributed by atoms with Crippen molar-refractivity contribution in [3.63, 3.8) is 0 Å². The summed E-state index contributed by atoms with van der Waals surface area (Å²) in [5, 5.41) is 3.57. The Labute approximate surface area is 126 Å². The van der Waals surface area contributed by atoms with Crippen LogP contribution in [0.25, 0.3) is 0 Å². The van der Waals surface area contributed by atoms with E-state index in [0.29, 0.717) is 0 Å². The fraction of sp³-hybridized carbons (Fsp3) is 0.625. The molecule has 0 amide bonds. The first kappa shape index (κ1) is 16.7. The minimum atomic E-state index is 0.118. The monoisotopic (exact) mass is 326 g/mol. The molecule has 1 aromatic carbocycles. The summed E-state index contributed by atoms with van der Waals surface area (Å²) >= 11 is 3.64. The second-order valence-corrected chi connectivity index (χ2v) is 7.51. The largest absolute Gasteiger partial charge is 0.330 e. The summed E-state index contributed by atoms with van der Waals surface area (Å²) in [4.78, 5) is 0. The van der Waals surface area contributed by atoms with E-state index in [4.69, 9.17) is 5.73 Å². The van der Waals surface area contributed by atoms with Crippen LogP contribution in [0.5, 0.6) is 0 Å². The molecule has 3 heteroatoms. The summed E-state index contributed by atoms with van der Waals surface area (Å²) in [5.74, 6) is 0. The molecule has 0 aromatic heterocycles. The second-order valence-electron chi connectivity index (χ2n) is 6.66. The van der Waals surface area contributed by atoms with Gasteiger partial charge < -0.3 is 11.1 Å². The van der Waals surface area contributed by atoms with Crippen LogP contribution in [0.2, 0.25) is 0 Å². The SMILES string of the molecule is CC(C)(CN)CCNCC(C)(C)c1ccccc1Br. The molecule has 0 fully saturated rings. The Morgan fingerprint density at radius 3 is 2.37 bits per heavy atom. The molecule has 1 aromatic rings. The minimum Gasteiger partial charge on any atom is -0.330 e. The van der Waals surface area contributed by atoms with E-state index in [2.05, 4.69) is 73.2 Å². The molecule has 0 aliphatic rings. The van der Waals surface area contributed by atoms with Crippen LogP contribution in [-0.4, -0.2) is 19.6 Å². The molecule has 0 spiro atoms. The Balaban J connectivity index is 2.50. The van der Waals surface area contributed by atoms with Crippen molar-refractivity contribution in [1.29, 1.82) is 0 Å². The van der Waals surface area contributed by atoms with Gasteiger partial charge >= 0.3 is 0 Å². The number of nitrogens with two attached hydrogens (primary N) is 1. The Bertz CT molecular complexity index is 399. The molecular formula is C16H27BrN2. The number of benzene rings is 1. The van der Waals surface area contributed by atoms with Crippen molar-refractivity contribution in [3.8, 4) is 0 Å². The standard InChI is InChI=1S/C16H27BrN2/c1-15(2,11-18)9-10-19-12-16(3,4)13-7-5-6-8-14(13)17/h5-8,19H,9-12,18H2,1-4H3. The van der Waals surface area contributed by atoms with E-state index in [1.165, 1.54) is 10.0 Å². The normalized spacial score (nSPS) is 12.7. The third-order valence-corrected chi connectivity index (χ3v) is 4.39. The van der Waals surface area contributed by atoms with Gasteiger partial charge in [-0.3, -0.25) is 0 Å². The molecule has 0 radical (unpaired) electrons. The van der Waals surface area contributed by atoms with Crippen molar-refractivity contribution in [2.45, 2.75) is 39.5 Å². The van der Waals surface area contributed by atoms with Gasteiger partial charge in [0.05, 0.1) is 0 Å². The van der Waals surface area contributed by atoms with Crippen molar-refractivity contribution in [3.05, 3.63) is 34.3 Å². The van der Waals surface area contributed by atoms with Crippen LogP contribution in [0.3, 0.4) is 0 Å². The smallest absolute Gasteiger partial charge is 0.0213 e. The Morgan fingerprint density at radius 1 is 1.16 bits per heavy atom. The third-order valence-electron chi connectivity index (χ3n) is 3.70. The second kappa shape index (κ2) is 6.87. The summed E-state index contributed by atoms with van der Waals surface area (Å²) in [7, 11) is 0. The Morgan fingerprint density at radius 2 is 1.79 bits per heavy atom. The molecule has 2 nitrogen and oxygen atoms in total. The van der Waals surface area contributed by atoms with E-state index >= 15 is 0 Å². The zero-order valence-corrected chi connectivity index (χ0v) is 14.2. The summed E-state index contributed by atoms with van der Waals surface area (Å²) in [5.41, 5.74) is 7.44. The van der Waals surface area contributed by atoms with Crippen LogP contribution in [0.15, 0.2) is 28.7 Å².